The van der Waals surface area contributed by atoms with Gasteiger partial charge >= 0.3 is 0 Å². The molecule has 0 atom stereocenters. The summed E-state index contributed by atoms with van der Waals surface area (Å²) in [7, 11) is 0. The molecule has 82 valence electrons. The van der Waals surface area contributed by atoms with Gasteiger partial charge in [-0.1, -0.05) is 6.07 Å². The lowest BCUT2D eigenvalue weighted by Crippen LogP contribution is -2.05. The Morgan fingerprint density at radius 2 is 1.81 bits per heavy atom. The van der Waals surface area contributed by atoms with Crippen LogP contribution in [0.1, 0.15) is 0 Å². The maximum absolute atomic E-state index is 10.8. The summed E-state index contributed by atoms with van der Waals surface area (Å²) in [6, 6.07) is 8.44. The van der Waals surface area contributed by atoms with E-state index in [4.69, 9.17) is 4.74 Å². The number of aromatic amines is 1. The summed E-state index contributed by atoms with van der Waals surface area (Å²) >= 11 is 6.73. The van der Waals surface area contributed by atoms with Crippen LogP contribution < -0.4 is 10.3 Å². The van der Waals surface area contributed by atoms with E-state index in [0.29, 0.717) is 11.6 Å². The number of ether oxygens (including phenoxy) is 1. The van der Waals surface area contributed by atoms with Crippen LogP contribution in [0.4, 0.5) is 0 Å². The van der Waals surface area contributed by atoms with Crippen LogP contribution in [0.3, 0.4) is 0 Å². The number of halogens is 2. The second kappa shape index (κ2) is 4.80. The number of para-hydroxylation sites is 1. The standard InChI is InChI=1S/C10H6Br2N2O2/c11-6-2-1-3-7(12)10(6)16-9-5-4-8(15)13-14-9/h1-5H,(H,13,15). The van der Waals surface area contributed by atoms with Gasteiger partial charge in [0, 0.05) is 12.1 Å². The van der Waals surface area contributed by atoms with E-state index >= 15 is 0 Å². The Morgan fingerprint density at radius 1 is 1.12 bits per heavy atom. The van der Waals surface area contributed by atoms with E-state index in [1.165, 1.54) is 12.1 Å². The van der Waals surface area contributed by atoms with E-state index < -0.39 is 0 Å². The fourth-order valence-electron chi connectivity index (χ4n) is 1.07. The monoisotopic (exact) mass is 344 g/mol. The summed E-state index contributed by atoms with van der Waals surface area (Å²) in [5.74, 6) is 0.939. The average Bonchev–Trinajstić information content (AvgIpc) is 2.26. The molecule has 0 aliphatic carbocycles. The molecule has 0 unspecified atom stereocenters. The molecule has 0 aliphatic heterocycles. The van der Waals surface area contributed by atoms with E-state index in [1.54, 1.807) is 0 Å². The number of nitrogens with zero attached hydrogens (tertiary/aromatic N) is 1. The first-order valence-corrected chi connectivity index (χ1v) is 5.93. The number of benzene rings is 1. The van der Waals surface area contributed by atoms with Gasteiger partial charge < -0.3 is 4.74 Å². The van der Waals surface area contributed by atoms with Gasteiger partial charge in [-0.2, -0.15) is 0 Å². The SMILES string of the molecule is O=c1ccc(Oc2c(Br)cccc2Br)n[nH]1. The van der Waals surface area contributed by atoms with Crippen molar-refractivity contribution in [2.45, 2.75) is 0 Å². The largest absolute Gasteiger partial charge is 0.435 e. The summed E-state index contributed by atoms with van der Waals surface area (Å²) in [6.07, 6.45) is 0. The molecule has 4 nitrogen and oxygen atoms in total. The zero-order valence-corrected chi connectivity index (χ0v) is 11.1. The third-order valence-electron chi connectivity index (χ3n) is 1.78. The predicted molar refractivity (Wildman–Crippen MR) is 66.8 cm³/mol. The molecule has 1 N–H and O–H groups in total. The summed E-state index contributed by atoms with van der Waals surface area (Å²) in [5.41, 5.74) is -0.265. The van der Waals surface area contributed by atoms with Crippen LogP contribution >= 0.6 is 31.9 Å². The Kier molecular flexibility index (Phi) is 3.40. The van der Waals surface area contributed by atoms with Crippen molar-refractivity contribution in [1.29, 1.82) is 0 Å². The molecule has 1 aromatic carbocycles. The molecule has 0 radical (unpaired) electrons. The highest BCUT2D eigenvalue weighted by Crippen LogP contribution is 2.35. The molecule has 2 aromatic rings. The highest BCUT2D eigenvalue weighted by atomic mass is 79.9. The third kappa shape index (κ3) is 2.51. The normalized spacial score (nSPS) is 10.1. The van der Waals surface area contributed by atoms with Crippen molar-refractivity contribution in [3.8, 4) is 11.6 Å². The number of rotatable bonds is 2. The molecule has 1 aromatic heterocycles. The van der Waals surface area contributed by atoms with Crippen molar-refractivity contribution in [2.75, 3.05) is 0 Å². The molecule has 2 rings (SSSR count). The third-order valence-corrected chi connectivity index (χ3v) is 3.03. The topological polar surface area (TPSA) is 55.0 Å². The Balaban J connectivity index is 2.34. The first-order valence-electron chi connectivity index (χ1n) is 4.34. The lowest BCUT2D eigenvalue weighted by molar-refractivity contribution is 0.449. The van der Waals surface area contributed by atoms with E-state index in [0.717, 1.165) is 8.95 Å². The smallest absolute Gasteiger partial charge is 0.264 e. The molecular weight excluding hydrogens is 340 g/mol. The van der Waals surface area contributed by atoms with E-state index in [1.807, 2.05) is 18.2 Å². The van der Waals surface area contributed by atoms with Gasteiger partial charge in [-0.15, -0.1) is 5.10 Å². The highest BCUT2D eigenvalue weighted by Gasteiger charge is 2.07. The summed E-state index contributed by atoms with van der Waals surface area (Å²) in [4.78, 5) is 10.8. The lowest BCUT2D eigenvalue weighted by Gasteiger charge is -2.07. The number of hydrogen-bond donors (Lipinski definition) is 1. The highest BCUT2D eigenvalue weighted by molar-refractivity contribution is 9.11. The van der Waals surface area contributed by atoms with Crippen LogP contribution in [0.5, 0.6) is 11.6 Å². The molecule has 1 heterocycles. The minimum absolute atomic E-state index is 0.265. The minimum atomic E-state index is -0.265. The molecule has 0 bridgehead atoms. The molecule has 6 heteroatoms. The van der Waals surface area contributed by atoms with Crippen LogP contribution in [0.25, 0.3) is 0 Å². The van der Waals surface area contributed by atoms with Gasteiger partial charge in [0.2, 0.25) is 5.88 Å². The molecule has 0 aliphatic rings. The number of nitrogens with one attached hydrogen (secondary N) is 1. The van der Waals surface area contributed by atoms with Crippen LogP contribution in [0.2, 0.25) is 0 Å². The van der Waals surface area contributed by atoms with Crippen molar-refractivity contribution >= 4 is 31.9 Å². The molecule has 0 saturated heterocycles. The molecule has 0 fully saturated rings. The zero-order valence-electron chi connectivity index (χ0n) is 7.91. The second-order valence-electron chi connectivity index (χ2n) is 2.91. The van der Waals surface area contributed by atoms with Gasteiger partial charge in [0.05, 0.1) is 8.95 Å². The van der Waals surface area contributed by atoms with Crippen LogP contribution in [0.15, 0.2) is 44.1 Å². The average molecular weight is 346 g/mol. The van der Waals surface area contributed by atoms with Gasteiger partial charge in [0.25, 0.3) is 5.56 Å². The van der Waals surface area contributed by atoms with E-state index in [-0.39, 0.29) is 5.56 Å². The molecule has 0 amide bonds. The van der Waals surface area contributed by atoms with Crippen molar-refractivity contribution < 1.29 is 4.74 Å². The molecule has 0 spiro atoms. The minimum Gasteiger partial charge on any atom is -0.435 e. The maximum atomic E-state index is 10.8. The molecule has 0 saturated carbocycles. The quantitative estimate of drug-likeness (QED) is 0.909. The second-order valence-corrected chi connectivity index (χ2v) is 4.62. The van der Waals surface area contributed by atoms with Crippen molar-refractivity contribution in [3.63, 3.8) is 0 Å². The summed E-state index contributed by atoms with van der Waals surface area (Å²) in [5, 5.41) is 6.05. The fraction of sp³-hybridized carbons (Fsp3) is 0. The van der Waals surface area contributed by atoms with Gasteiger partial charge in [0.15, 0.2) is 5.75 Å². The van der Waals surface area contributed by atoms with Gasteiger partial charge in [-0.3, -0.25) is 4.79 Å². The van der Waals surface area contributed by atoms with Crippen molar-refractivity contribution in [1.82, 2.24) is 10.2 Å². The maximum Gasteiger partial charge on any atom is 0.264 e. The Hall–Kier alpha value is -1.14. The fourth-order valence-corrected chi connectivity index (χ4v) is 2.23. The molecular formula is C10H6Br2N2O2. The summed E-state index contributed by atoms with van der Waals surface area (Å²) < 4.78 is 7.12. The molecule has 16 heavy (non-hydrogen) atoms. The van der Waals surface area contributed by atoms with Crippen molar-refractivity contribution in [3.05, 3.63) is 49.6 Å². The van der Waals surface area contributed by atoms with Gasteiger partial charge in [-0.05, 0) is 44.0 Å². The van der Waals surface area contributed by atoms with Gasteiger partial charge in [0.1, 0.15) is 0 Å². The Bertz CT molecular complexity index is 528. The van der Waals surface area contributed by atoms with Crippen LogP contribution in [-0.4, -0.2) is 10.2 Å². The van der Waals surface area contributed by atoms with Crippen LogP contribution in [0, 0.1) is 0 Å². The van der Waals surface area contributed by atoms with E-state index in [2.05, 4.69) is 42.1 Å². The first-order chi connectivity index (χ1) is 7.66. The summed E-state index contributed by atoms with van der Waals surface area (Å²) in [6.45, 7) is 0. The van der Waals surface area contributed by atoms with Crippen molar-refractivity contribution in [2.24, 2.45) is 0 Å². The first kappa shape index (κ1) is 11.3. The number of aromatic nitrogens is 2. The lowest BCUT2D eigenvalue weighted by atomic mass is 10.3. The zero-order chi connectivity index (χ0) is 11.5. The van der Waals surface area contributed by atoms with E-state index in [9.17, 15) is 4.79 Å². The number of H-pyrrole nitrogens is 1. The predicted octanol–water partition coefficient (Wildman–Crippen LogP) is 3.09. The van der Waals surface area contributed by atoms with Crippen LogP contribution in [-0.2, 0) is 0 Å². The van der Waals surface area contributed by atoms with Gasteiger partial charge in [-0.25, -0.2) is 5.10 Å². The Morgan fingerprint density at radius 3 is 2.38 bits per heavy atom. The number of hydrogen-bond acceptors (Lipinski definition) is 3. The Labute approximate surface area is 108 Å².